The van der Waals surface area contributed by atoms with Gasteiger partial charge in [0.2, 0.25) is 0 Å². The molecule has 0 unspecified atom stereocenters. The summed E-state index contributed by atoms with van der Waals surface area (Å²) in [6.07, 6.45) is 1.10. The van der Waals surface area contributed by atoms with Gasteiger partial charge >= 0.3 is 0 Å². The lowest BCUT2D eigenvalue weighted by Crippen LogP contribution is -2.29. The van der Waals surface area contributed by atoms with Crippen molar-refractivity contribution in [1.29, 1.82) is 0 Å². The quantitative estimate of drug-likeness (QED) is 0.567. The third-order valence-electron chi connectivity index (χ3n) is 1.81. The number of hydrogen-bond acceptors (Lipinski definition) is 4. The first-order valence-electron chi connectivity index (χ1n) is 3.54. The van der Waals surface area contributed by atoms with E-state index in [0.29, 0.717) is 26.1 Å². The Morgan fingerprint density at radius 2 is 1.91 bits per heavy atom. The summed E-state index contributed by atoms with van der Waals surface area (Å²) in [5.74, 6) is 0. The van der Waals surface area contributed by atoms with Crippen LogP contribution in [-0.2, 0) is 19.0 Å². The second-order valence-corrected chi connectivity index (χ2v) is 4.46. The summed E-state index contributed by atoms with van der Waals surface area (Å²) in [4.78, 5) is 0. The highest BCUT2D eigenvalue weighted by Crippen LogP contribution is 2.16. The second kappa shape index (κ2) is 3.51. The molecule has 4 nitrogen and oxygen atoms in total. The molecule has 11 heavy (non-hydrogen) atoms. The zero-order chi connectivity index (χ0) is 8.32. The fourth-order valence-corrected chi connectivity index (χ4v) is 2.14. The van der Waals surface area contributed by atoms with Crippen molar-refractivity contribution >= 4 is 10.1 Å². The van der Waals surface area contributed by atoms with Gasteiger partial charge in [-0.05, 0) is 12.8 Å². The first-order chi connectivity index (χ1) is 5.17. The third-order valence-corrected chi connectivity index (χ3v) is 3.56. The van der Waals surface area contributed by atoms with Crippen LogP contribution in [0.3, 0.4) is 0 Å². The Morgan fingerprint density at radius 1 is 1.36 bits per heavy atom. The average Bonchev–Trinajstić information content (AvgIpc) is 2.06. The van der Waals surface area contributed by atoms with Crippen molar-refractivity contribution in [3.63, 3.8) is 0 Å². The molecule has 0 amide bonds. The van der Waals surface area contributed by atoms with Crippen LogP contribution in [0.5, 0.6) is 0 Å². The molecule has 0 saturated carbocycles. The number of ether oxygens (including phenoxy) is 1. The predicted molar refractivity (Wildman–Crippen MR) is 39.8 cm³/mol. The van der Waals surface area contributed by atoms with Gasteiger partial charge in [0.05, 0.1) is 12.4 Å². The normalized spacial score (nSPS) is 21.9. The topological polar surface area (TPSA) is 52.6 Å². The Labute approximate surface area is 66.6 Å². The van der Waals surface area contributed by atoms with E-state index >= 15 is 0 Å². The average molecular weight is 180 g/mol. The third kappa shape index (κ3) is 2.15. The van der Waals surface area contributed by atoms with Gasteiger partial charge < -0.3 is 4.74 Å². The lowest BCUT2D eigenvalue weighted by atomic mass is 10.2. The fraction of sp³-hybridized carbons (Fsp3) is 1.00. The van der Waals surface area contributed by atoms with Crippen molar-refractivity contribution < 1.29 is 17.3 Å². The molecule has 0 aliphatic carbocycles. The van der Waals surface area contributed by atoms with E-state index in [4.69, 9.17) is 4.74 Å². The summed E-state index contributed by atoms with van der Waals surface area (Å²) in [6, 6.07) is 0. The highest BCUT2D eigenvalue weighted by atomic mass is 32.2. The van der Waals surface area contributed by atoms with E-state index in [2.05, 4.69) is 4.18 Å². The molecule has 0 aromatic heterocycles. The van der Waals surface area contributed by atoms with Crippen molar-refractivity contribution in [2.75, 3.05) is 20.3 Å². The molecule has 5 heteroatoms. The van der Waals surface area contributed by atoms with E-state index in [9.17, 15) is 8.42 Å². The van der Waals surface area contributed by atoms with Gasteiger partial charge in [-0.3, -0.25) is 4.18 Å². The van der Waals surface area contributed by atoms with Gasteiger partial charge in [0.15, 0.2) is 0 Å². The molecule has 1 aliphatic rings. The summed E-state index contributed by atoms with van der Waals surface area (Å²) >= 11 is 0. The molecule has 0 atom stereocenters. The number of rotatable bonds is 2. The molecular formula is C6H12O4S. The van der Waals surface area contributed by atoms with Gasteiger partial charge in [0.1, 0.15) is 0 Å². The van der Waals surface area contributed by atoms with Crippen LogP contribution in [-0.4, -0.2) is 34.0 Å². The van der Waals surface area contributed by atoms with Gasteiger partial charge in [-0.1, -0.05) is 0 Å². The van der Waals surface area contributed by atoms with E-state index in [0.717, 1.165) is 0 Å². The van der Waals surface area contributed by atoms with Crippen LogP contribution in [0.1, 0.15) is 12.8 Å². The second-order valence-electron chi connectivity index (χ2n) is 2.47. The van der Waals surface area contributed by atoms with Crippen LogP contribution in [0.25, 0.3) is 0 Å². The van der Waals surface area contributed by atoms with E-state index in [-0.39, 0.29) is 5.25 Å². The summed E-state index contributed by atoms with van der Waals surface area (Å²) in [5.41, 5.74) is 0. The van der Waals surface area contributed by atoms with E-state index < -0.39 is 10.1 Å². The molecule has 0 aromatic rings. The smallest absolute Gasteiger partial charge is 0.270 e. The van der Waals surface area contributed by atoms with Crippen molar-refractivity contribution in [1.82, 2.24) is 0 Å². The molecule has 1 fully saturated rings. The Morgan fingerprint density at radius 3 is 2.36 bits per heavy atom. The molecule has 1 rings (SSSR count). The van der Waals surface area contributed by atoms with Gasteiger partial charge in [-0.15, -0.1) is 0 Å². The first kappa shape index (κ1) is 8.96. The van der Waals surface area contributed by atoms with Crippen LogP contribution in [0.15, 0.2) is 0 Å². The Kier molecular flexibility index (Phi) is 2.86. The zero-order valence-corrected chi connectivity index (χ0v) is 7.26. The zero-order valence-electron chi connectivity index (χ0n) is 6.45. The van der Waals surface area contributed by atoms with Crippen molar-refractivity contribution in [3.8, 4) is 0 Å². The van der Waals surface area contributed by atoms with Gasteiger partial charge in [0.25, 0.3) is 10.1 Å². The predicted octanol–water partition coefficient (Wildman–Crippen LogP) is 0.142. The van der Waals surface area contributed by atoms with Gasteiger partial charge in [-0.2, -0.15) is 8.42 Å². The minimum atomic E-state index is -3.30. The Balaban J connectivity index is 2.58. The minimum absolute atomic E-state index is 0.360. The van der Waals surface area contributed by atoms with Crippen LogP contribution in [0.4, 0.5) is 0 Å². The summed E-state index contributed by atoms with van der Waals surface area (Å²) in [5, 5.41) is -0.360. The monoisotopic (exact) mass is 180 g/mol. The maximum absolute atomic E-state index is 11.1. The molecule has 0 radical (unpaired) electrons. The van der Waals surface area contributed by atoms with Gasteiger partial charge in [0, 0.05) is 13.2 Å². The van der Waals surface area contributed by atoms with Crippen molar-refractivity contribution in [3.05, 3.63) is 0 Å². The van der Waals surface area contributed by atoms with Gasteiger partial charge in [-0.25, -0.2) is 0 Å². The summed E-state index contributed by atoms with van der Waals surface area (Å²) < 4.78 is 31.6. The van der Waals surface area contributed by atoms with Crippen LogP contribution >= 0.6 is 0 Å². The standard InChI is InChI=1S/C6H12O4S/c1-9-11(7,8)6-2-4-10-5-3-6/h6H,2-5H2,1H3. The molecule has 0 spiro atoms. The van der Waals surface area contributed by atoms with Crippen LogP contribution in [0, 0.1) is 0 Å². The van der Waals surface area contributed by atoms with E-state index in [1.54, 1.807) is 0 Å². The molecule has 1 saturated heterocycles. The first-order valence-corrected chi connectivity index (χ1v) is 5.01. The summed E-state index contributed by atoms with van der Waals surface area (Å²) in [7, 11) is -2.10. The molecule has 0 N–H and O–H groups in total. The SMILES string of the molecule is COS(=O)(=O)C1CCOCC1. The summed E-state index contributed by atoms with van der Waals surface area (Å²) in [6.45, 7) is 1.04. The lowest BCUT2D eigenvalue weighted by Gasteiger charge is -2.20. The molecule has 0 bridgehead atoms. The molecule has 1 aliphatic heterocycles. The minimum Gasteiger partial charge on any atom is -0.381 e. The fourth-order valence-electron chi connectivity index (χ4n) is 1.10. The maximum Gasteiger partial charge on any atom is 0.270 e. The van der Waals surface area contributed by atoms with Crippen molar-refractivity contribution in [2.45, 2.75) is 18.1 Å². The molecule has 1 heterocycles. The maximum atomic E-state index is 11.1. The van der Waals surface area contributed by atoms with E-state index in [1.807, 2.05) is 0 Å². The highest BCUT2D eigenvalue weighted by molar-refractivity contribution is 7.87. The number of hydrogen-bond donors (Lipinski definition) is 0. The molecule has 66 valence electrons. The van der Waals surface area contributed by atoms with Crippen LogP contribution in [0.2, 0.25) is 0 Å². The van der Waals surface area contributed by atoms with E-state index in [1.165, 1.54) is 7.11 Å². The van der Waals surface area contributed by atoms with Crippen LogP contribution < -0.4 is 0 Å². The lowest BCUT2D eigenvalue weighted by molar-refractivity contribution is 0.0963. The Bertz CT molecular complexity index is 203. The molecular weight excluding hydrogens is 168 g/mol. The Hall–Kier alpha value is -0.130. The molecule has 0 aromatic carbocycles. The van der Waals surface area contributed by atoms with Crippen molar-refractivity contribution in [2.24, 2.45) is 0 Å². The highest BCUT2D eigenvalue weighted by Gasteiger charge is 2.27. The largest absolute Gasteiger partial charge is 0.381 e.